The first-order valence-corrected chi connectivity index (χ1v) is 8.03. The number of nitrogens with one attached hydrogen (secondary N) is 1. The molecule has 0 radical (unpaired) electrons. The van der Waals surface area contributed by atoms with Crippen LogP contribution in [-0.4, -0.2) is 40.8 Å². The van der Waals surface area contributed by atoms with Crippen LogP contribution in [0.5, 0.6) is 0 Å². The number of hydrogen-bond acceptors (Lipinski definition) is 5. The van der Waals surface area contributed by atoms with Gasteiger partial charge >= 0.3 is 6.09 Å². The number of halogens is 1. The van der Waals surface area contributed by atoms with Crippen molar-refractivity contribution in [3.8, 4) is 0 Å². The Balaban J connectivity index is 1.66. The van der Waals surface area contributed by atoms with E-state index in [0.29, 0.717) is 18.9 Å². The van der Waals surface area contributed by atoms with E-state index in [1.54, 1.807) is 0 Å². The zero-order valence-electron chi connectivity index (χ0n) is 13.8. The van der Waals surface area contributed by atoms with Crippen molar-refractivity contribution in [1.29, 1.82) is 0 Å². The Labute approximate surface area is 135 Å². The number of nitrogens with zero attached hydrogens (tertiary/aromatic N) is 3. The largest absolute Gasteiger partial charge is 0.444 e. The molecule has 2 fully saturated rings. The van der Waals surface area contributed by atoms with Gasteiger partial charge in [-0.25, -0.2) is 19.2 Å². The van der Waals surface area contributed by atoms with Crippen molar-refractivity contribution in [1.82, 2.24) is 15.3 Å². The molecule has 1 aliphatic carbocycles. The summed E-state index contributed by atoms with van der Waals surface area (Å²) in [6, 6.07) is 0.0889. The zero-order valence-corrected chi connectivity index (χ0v) is 13.8. The topological polar surface area (TPSA) is 67.3 Å². The molecule has 0 aromatic carbocycles. The van der Waals surface area contributed by atoms with Crippen LogP contribution in [0.25, 0.3) is 0 Å². The summed E-state index contributed by atoms with van der Waals surface area (Å²) in [5.41, 5.74) is -0.506. The van der Waals surface area contributed by atoms with Crippen LogP contribution in [0.2, 0.25) is 0 Å². The summed E-state index contributed by atoms with van der Waals surface area (Å²) in [6.07, 6.45) is 4.23. The van der Waals surface area contributed by atoms with E-state index in [-0.39, 0.29) is 24.0 Å². The second kappa shape index (κ2) is 5.94. The van der Waals surface area contributed by atoms with Gasteiger partial charge in [0, 0.05) is 19.1 Å². The number of fused-ring (bicyclic) bond motifs is 2. The van der Waals surface area contributed by atoms with Gasteiger partial charge in [-0.15, -0.1) is 0 Å². The van der Waals surface area contributed by atoms with E-state index in [1.807, 2.05) is 25.7 Å². The molecule has 2 bridgehead atoms. The Morgan fingerprint density at radius 3 is 2.57 bits per heavy atom. The number of anilines is 1. The number of hydrogen-bond donors (Lipinski definition) is 1. The highest BCUT2D eigenvalue weighted by atomic mass is 19.1. The van der Waals surface area contributed by atoms with Gasteiger partial charge in [-0.3, -0.25) is 0 Å². The van der Waals surface area contributed by atoms with E-state index in [9.17, 15) is 9.18 Å². The molecule has 1 aromatic rings. The summed E-state index contributed by atoms with van der Waals surface area (Å²) < 4.78 is 19.2. The van der Waals surface area contributed by atoms with Crippen LogP contribution in [0, 0.1) is 17.7 Å². The second-order valence-electron chi connectivity index (χ2n) is 7.37. The lowest BCUT2D eigenvalue weighted by atomic mass is 9.92. The normalized spacial score (nSPS) is 27.0. The van der Waals surface area contributed by atoms with Crippen molar-refractivity contribution in [2.75, 3.05) is 18.0 Å². The molecule has 126 valence electrons. The molecule has 0 spiro atoms. The quantitative estimate of drug-likeness (QED) is 0.905. The van der Waals surface area contributed by atoms with Crippen LogP contribution in [-0.2, 0) is 4.74 Å². The Hall–Kier alpha value is -1.92. The molecule has 1 N–H and O–H groups in total. The average molecular weight is 322 g/mol. The first-order chi connectivity index (χ1) is 10.8. The molecule has 23 heavy (non-hydrogen) atoms. The van der Waals surface area contributed by atoms with Gasteiger partial charge in [-0.2, -0.15) is 0 Å². The van der Waals surface area contributed by atoms with Crippen LogP contribution in [0.3, 0.4) is 0 Å². The Bertz CT molecular complexity index is 576. The maximum atomic E-state index is 13.9. The van der Waals surface area contributed by atoms with Gasteiger partial charge < -0.3 is 15.0 Å². The van der Waals surface area contributed by atoms with Gasteiger partial charge in [0.25, 0.3) is 0 Å². The number of ether oxygens (including phenoxy) is 1. The lowest BCUT2D eigenvalue weighted by Gasteiger charge is -2.39. The highest BCUT2D eigenvalue weighted by Crippen LogP contribution is 2.38. The summed E-state index contributed by atoms with van der Waals surface area (Å²) in [6.45, 7) is 6.92. The molecular weight excluding hydrogens is 299 g/mol. The third-order valence-electron chi connectivity index (χ3n) is 4.46. The molecule has 1 aliphatic heterocycles. The van der Waals surface area contributed by atoms with E-state index in [0.717, 1.165) is 12.8 Å². The first-order valence-electron chi connectivity index (χ1n) is 8.03. The van der Waals surface area contributed by atoms with Crippen molar-refractivity contribution in [2.24, 2.45) is 11.8 Å². The molecule has 6 nitrogen and oxygen atoms in total. The standard InChI is InChI=1S/C16H23FN4O2/c1-16(2,3)23-15(22)20-13-10-4-5-11(13)8-21(7-10)14-12(17)6-18-9-19-14/h6,9-11,13H,4-5,7-8H2,1-3H3,(H,20,22)/t10-,11+,13?. The smallest absolute Gasteiger partial charge is 0.407 e. The lowest BCUT2D eigenvalue weighted by Crippen LogP contribution is -2.53. The third-order valence-corrected chi connectivity index (χ3v) is 4.46. The maximum Gasteiger partial charge on any atom is 0.407 e. The number of aromatic nitrogens is 2. The van der Waals surface area contributed by atoms with Crippen LogP contribution in [0.4, 0.5) is 15.0 Å². The van der Waals surface area contributed by atoms with Gasteiger partial charge in [0.2, 0.25) is 0 Å². The molecule has 1 saturated carbocycles. The molecular formula is C16H23FN4O2. The van der Waals surface area contributed by atoms with E-state index in [4.69, 9.17) is 4.74 Å². The molecule has 1 unspecified atom stereocenters. The second-order valence-corrected chi connectivity index (χ2v) is 7.37. The van der Waals surface area contributed by atoms with Crippen LogP contribution < -0.4 is 10.2 Å². The van der Waals surface area contributed by atoms with Crippen molar-refractivity contribution >= 4 is 11.9 Å². The molecule has 3 rings (SSSR count). The van der Waals surface area contributed by atoms with E-state index in [2.05, 4.69) is 15.3 Å². The zero-order chi connectivity index (χ0) is 16.6. The minimum absolute atomic E-state index is 0.0889. The van der Waals surface area contributed by atoms with E-state index < -0.39 is 11.4 Å². The minimum Gasteiger partial charge on any atom is -0.444 e. The lowest BCUT2D eigenvalue weighted by molar-refractivity contribution is 0.0472. The number of piperidine rings is 1. The van der Waals surface area contributed by atoms with Crippen LogP contribution in [0.15, 0.2) is 12.5 Å². The predicted molar refractivity (Wildman–Crippen MR) is 83.6 cm³/mol. The molecule has 2 heterocycles. The number of amides is 1. The van der Waals surface area contributed by atoms with E-state index in [1.165, 1.54) is 12.5 Å². The number of alkyl carbamates (subject to hydrolysis) is 1. The molecule has 3 atom stereocenters. The number of carbonyl (C=O) groups is 1. The fourth-order valence-corrected chi connectivity index (χ4v) is 3.61. The molecule has 7 heteroatoms. The van der Waals surface area contributed by atoms with Gasteiger partial charge in [0.15, 0.2) is 11.6 Å². The maximum absolute atomic E-state index is 13.9. The van der Waals surface area contributed by atoms with Crippen molar-refractivity contribution < 1.29 is 13.9 Å². The third kappa shape index (κ3) is 3.54. The highest BCUT2D eigenvalue weighted by molar-refractivity contribution is 5.68. The summed E-state index contributed by atoms with van der Waals surface area (Å²) in [5.74, 6) is 0.532. The molecule has 1 aromatic heterocycles. The Morgan fingerprint density at radius 1 is 1.35 bits per heavy atom. The first kappa shape index (κ1) is 16.0. The minimum atomic E-state index is -0.506. The summed E-state index contributed by atoms with van der Waals surface area (Å²) in [5, 5.41) is 3.01. The predicted octanol–water partition coefficient (Wildman–Crippen LogP) is 2.36. The Morgan fingerprint density at radius 2 is 2.00 bits per heavy atom. The van der Waals surface area contributed by atoms with Gasteiger partial charge in [-0.1, -0.05) is 0 Å². The summed E-state index contributed by atoms with van der Waals surface area (Å²) in [4.78, 5) is 21.7. The molecule has 1 saturated heterocycles. The van der Waals surface area contributed by atoms with Gasteiger partial charge in [0.1, 0.15) is 11.9 Å². The average Bonchev–Trinajstić information content (AvgIpc) is 2.68. The molecule has 1 amide bonds. The monoisotopic (exact) mass is 322 g/mol. The van der Waals surface area contributed by atoms with Crippen molar-refractivity contribution in [3.63, 3.8) is 0 Å². The number of carbonyl (C=O) groups excluding carboxylic acids is 1. The summed E-state index contributed by atoms with van der Waals surface area (Å²) >= 11 is 0. The van der Waals surface area contributed by atoms with Crippen LogP contribution in [0.1, 0.15) is 33.6 Å². The van der Waals surface area contributed by atoms with E-state index >= 15 is 0 Å². The fourth-order valence-electron chi connectivity index (χ4n) is 3.61. The Kier molecular flexibility index (Phi) is 4.12. The van der Waals surface area contributed by atoms with Crippen LogP contribution >= 0.6 is 0 Å². The van der Waals surface area contributed by atoms with Gasteiger partial charge in [-0.05, 0) is 45.4 Å². The summed E-state index contributed by atoms with van der Waals surface area (Å²) in [7, 11) is 0. The van der Waals surface area contributed by atoms with Crippen molar-refractivity contribution in [2.45, 2.75) is 45.3 Å². The van der Waals surface area contributed by atoms with Gasteiger partial charge in [0.05, 0.1) is 6.20 Å². The highest BCUT2D eigenvalue weighted by Gasteiger charge is 2.44. The molecule has 2 aliphatic rings. The van der Waals surface area contributed by atoms with Crippen molar-refractivity contribution in [3.05, 3.63) is 18.3 Å². The fraction of sp³-hybridized carbons (Fsp3) is 0.688. The number of rotatable bonds is 2. The SMILES string of the molecule is CC(C)(C)OC(=O)NC1[C@@H]2CC[C@H]1CN(c1ncncc1F)C2.